The average Bonchev–Trinajstić information content (AvgIpc) is 2.65. The third-order valence-corrected chi connectivity index (χ3v) is 4.89. The van der Waals surface area contributed by atoms with Crippen molar-refractivity contribution in [1.29, 1.82) is 0 Å². The van der Waals surface area contributed by atoms with E-state index in [1.54, 1.807) is 0 Å². The fraction of sp³-hybridized carbons (Fsp3) is 0.263. The zero-order chi connectivity index (χ0) is 18.9. The Morgan fingerprint density at radius 3 is 2.38 bits per heavy atom. The first-order valence-corrected chi connectivity index (χ1v) is 9.02. The van der Waals surface area contributed by atoms with Gasteiger partial charge in [-0.1, -0.05) is 25.1 Å². The minimum absolute atomic E-state index is 0.183. The summed E-state index contributed by atoms with van der Waals surface area (Å²) in [6.45, 7) is 1.71. The number of aliphatic carboxylic acids is 1. The molecule has 138 valence electrons. The molecule has 0 heterocycles. The number of hydrogen-bond donors (Lipinski definition) is 2. The summed E-state index contributed by atoms with van der Waals surface area (Å²) < 4.78 is 18.2. The zero-order valence-corrected chi connectivity index (χ0v) is 15.0. The van der Waals surface area contributed by atoms with E-state index in [4.69, 9.17) is 4.74 Å². The average molecular weight is 377 g/mol. The number of thioether (sulfide) groups is 1. The molecule has 0 saturated heterocycles. The van der Waals surface area contributed by atoms with E-state index in [0.29, 0.717) is 6.42 Å². The van der Waals surface area contributed by atoms with Gasteiger partial charge in [0.15, 0.2) is 0 Å². The molecule has 2 aromatic rings. The molecule has 1 amide bonds. The fourth-order valence-corrected chi connectivity index (χ4v) is 3.15. The Labute approximate surface area is 155 Å². The number of nitrogens with one attached hydrogen (secondary N) is 1. The molecular formula is C19H20FNO4S. The maximum absolute atomic E-state index is 12.9. The molecule has 2 atom stereocenters. The molecule has 0 saturated carbocycles. The lowest BCUT2D eigenvalue weighted by Crippen LogP contribution is -2.43. The van der Waals surface area contributed by atoms with Gasteiger partial charge in [0.25, 0.3) is 0 Å². The lowest BCUT2D eigenvalue weighted by atomic mass is 10.3. The second kappa shape index (κ2) is 9.82. The van der Waals surface area contributed by atoms with Gasteiger partial charge in [0.1, 0.15) is 11.6 Å². The number of carboxylic acids is 1. The van der Waals surface area contributed by atoms with E-state index in [-0.39, 0.29) is 23.5 Å². The van der Waals surface area contributed by atoms with Crippen LogP contribution in [0, 0.1) is 5.82 Å². The van der Waals surface area contributed by atoms with Crippen molar-refractivity contribution in [2.24, 2.45) is 0 Å². The molecule has 2 rings (SSSR count). The highest BCUT2D eigenvalue weighted by Crippen LogP contribution is 2.25. The molecular weight excluding hydrogens is 357 g/mol. The molecule has 0 spiro atoms. The molecule has 7 heteroatoms. The largest absolute Gasteiger partial charge is 0.478 e. The van der Waals surface area contributed by atoms with Gasteiger partial charge in [-0.3, -0.25) is 4.79 Å². The Bertz CT molecular complexity index is 724. The van der Waals surface area contributed by atoms with Gasteiger partial charge in [-0.25, -0.2) is 9.18 Å². The standard InChI is InChI=1S/C19H20FNO4S/c1-2-17(26-15-6-4-3-5-7-15)18(22)21-12-16(19(23)24)25-14-10-8-13(20)9-11-14/h3-11,16-17H,2,12H2,1H3,(H,21,22)(H,23,24). The first kappa shape index (κ1) is 19.8. The van der Waals surface area contributed by atoms with Gasteiger partial charge in [-0.15, -0.1) is 11.8 Å². The Morgan fingerprint density at radius 2 is 1.81 bits per heavy atom. The van der Waals surface area contributed by atoms with Crippen molar-refractivity contribution in [2.45, 2.75) is 29.6 Å². The van der Waals surface area contributed by atoms with Crippen LogP contribution in [0.4, 0.5) is 4.39 Å². The normalized spacial score (nSPS) is 12.8. The quantitative estimate of drug-likeness (QED) is 0.656. The number of ether oxygens (including phenoxy) is 1. The lowest BCUT2D eigenvalue weighted by Gasteiger charge is -2.18. The molecule has 2 unspecified atom stereocenters. The van der Waals surface area contributed by atoms with Crippen LogP contribution in [0.2, 0.25) is 0 Å². The predicted molar refractivity (Wildman–Crippen MR) is 97.8 cm³/mol. The smallest absolute Gasteiger partial charge is 0.346 e. The number of amides is 1. The number of carboxylic acid groups (broad SMARTS) is 1. The van der Waals surface area contributed by atoms with E-state index in [1.165, 1.54) is 36.0 Å². The van der Waals surface area contributed by atoms with E-state index in [0.717, 1.165) is 4.90 Å². The number of rotatable bonds is 9. The van der Waals surface area contributed by atoms with Crippen LogP contribution in [-0.4, -0.2) is 34.9 Å². The Morgan fingerprint density at radius 1 is 1.15 bits per heavy atom. The van der Waals surface area contributed by atoms with Crippen molar-refractivity contribution in [2.75, 3.05) is 6.54 Å². The van der Waals surface area contributed by atoms with Crippen LogP contribution >= 0.6 is 11.8 Å². The summed E-state index contributed by atoms with van der Waals surface area (Å²) in [5.74, 6) is -1.69. The lowest BCUT2D eigenvalue weighted by molar-refractivity contribution is -0.145. The Kier molecular flexibility index (Phi) is 7.47. The molecule has 2 N–H and O–H groups in total. The third-order valence-electron chi connectivity index (χ3n) is 3.51. The summed E-state index contributed by atoms with van der Waals surface area (Å²) in [7, 11) is 0. The highest BCUT2D eigenvalue weighted by Gasteiger charge is 2.23. The summed E-state index contributed by atoms with van der Waals surface area (Å²) in [6, 6.07) is 14.5. The molecule has 0 aliphatic heterocycles. The van der Waals surface area contributed by atoms with E-state index in [2.05, 4.69) is 5.32 Å². The van der Waals surface area contributed by atoms with Crippen molar-refractivity contribution >= 4 is 23.6 Å². The van der Waals surface area contributed by atoms with E-state index >= 15 is 0 Å². The Balaban J connectivity index is 1.92. The van der Waals surface area contributed by atoms with Crippen LogP contribution in [0.3, 0.4) is 0 Å². The fourth-order valence-electron chi connectivity index (χ4n) is 2.15. The molecule has 26 heavy (non-hydrogen) atoms. The summed E-state index contributed by atoms with van der Waals surface area (Å²) in [4.78, 5) is 24.7. The summed E-state index contributed by atoms with van der Waals surface area (Å²) in [5.41, 5.74) is 0. The van der Waals surface area contributed by atoms with Crippen LogP contribution in [0.5, 0.6) is 5.75 Å². The highest BCUT2D eigenvalue weighted by atomic mass is 32.2. The number of benzene rings is 2. The molecule has 0 fully saturated rings. The Hall–Kier alpha value is -2.54. The third kappa shape index (κ3) is 6.07. The van der Waals surface area contributed by atoms with Gasteiger partial charge in [0.2, 0.25) is 12.0 Å². The maximum Gasteiger partial charge on any atom is 0.346 e. The van der Waals surface area contributed by atoms with Crippen molar-refractivity contribution < 1.29 is 23.8 Å². The summed E-state index contributed by atoms with van der Waals surface area (Å²) >= 11 is 1.42. The van der Waals surface area contributed by atoms with Crippen molar-refractivity contribution in [3.63, 3.8) is 0 Å². The summed E-state index contributed by atoms with van der Waals surface area (Å²) in [5, 5.41) is 11.6. The van der Waals surface area contributed by atoms with Crippen LogP contribution < -0.4 is 10.1 Å². The molecule has 0 aromatic heterocycles. The summed E-state index contributed by atoms with van der Waals surface area (Å²) in [6.07, 6.45) is -0.661. The van der Waals surface area contributed by atoms with Crippen LogP contribution in [0.25, 0.3) is 0 Å². The van der Waals surface area contributed by atoms with E-state index in [1.807, 2.05) is 37.3 Å². The topological polar surface area (TPSA) is 75.6 Å². The monoisotopic (exact) mass is 377 g/mol. The van der Waals surface area contributed by atoms with Crippen LogP contribution in [-0.2, 0) is 9.59 Å². The van der Waals surface area contributed by atoms with Gasteiger partial charge in [-0.05, 0) is 42.8 Å². The van der Waals surface area contributed by atoms with Gasteiger partial charge < -0.3 is 15.2 Å². The van der Waals surface area contributed by atoms with Gasteiger partial charge in [0.05, 0.1) is 11.8 Å². The van der Waals surface area contributed by atoms with E-state index in [9.17, 15) is 19.1 Å². The molecule has 5 nitrogen and oxygen atoms in total. The van der Waals surface area contributed by atoms with Crippen molar-refractivity contribution in [3.8, 4) is 5.75 Å². The predicted octanol–water partition coefficient (Wildman–Crippen LogP) is 3.34. The van der Waals surface area contributed by atoms with Crippen molar-refractivity contribution in [1.82, 2.24) is 5.32 Å². The number of carbonyl (C=O) groups is 2. The second-order valence-corrected chi connectivity index (χ2v) is 6.75. The van der Waals surface area contributed by atoms with Crippen molar-refractivity contribution in [3.05, 3.63) is 60.4 Å². The molecule has 0 aliphatic rings. The molecule has 0 aliphatic carbocycles. The highest BCUT2D eigenvalue weighted by molar-refractivity contribution is 8.00. The second-order valence-electron chi connectivity index (χ2n) is 5.47. The van der Waals surface area contributed by atoms with Gasteiger partial charge in [0, 0.05) is 4.90 Å². The van der Waals surface area contributed by atoms with Crippen LogP contribution in [0.15, 0.2) is 59.5 Å². The van der Waals surface area contributed by atoms with Crippen LogP contribution in [0.1, 0.15) is 13.3 Å². The van der Waals surface area contributed by atoms with Gasteiger partial charge in [-0.2, -0.15) is 0 Å². The maximum atomic E-state index is 12.9. The number of carbonyl (C=O) groups excluding carboxylic acids is 1. The first-order chi connectivity index (χ1) is 12.5. The number of halogens is 1. The molecule has 2 aromatic carbocycles. The van der Waals surface area contributed by atoms with E-state index < -0.39 is 17.9 Å². The number of hydrogen-bond acceptors (Lipinski definition) is 4. The molecule has 0 radical (unpaired) electrons. The molecule has 0 bridgehead atoms. The zero-order valence-electron chi connectivity index (χ0n) is 14.2. The minimum Gasteiger partial charge on any atom is -0.478 e. The van der Waals surface area contributed by atoms with Gasteiger partial charge >= 0.3 is 5.97 Å². The first-order valence-electron chi connectivity index (χ1n) is 8.14. The SMILES string of the molecule is CCC(Sc1ccccc1)C(=O)NCC(Oc1ccc(F)cc1)C(=O)O. The minimum atomic E-state index is -1.26.